The van der Waals surface area contributed by atoms with Gasteiger partial charge in [0.1, 0.15) is 5.69 Å². The summed E-state index contributed by atoms with van der Waals surface area (Å²) in [5.41, 5.74) is 2.29. The molecule has 1 N–H and O–H groups in total. The number of pyridine rings is 2. The first-order chi connectivity index (χ1) is 10.9. The molecule has 1 aromatic carbocycles. The minimum atomic E-state index is -0.213. The number of rotatable bonds is 2. The Morgan fingerprint density at radius 3 is 2.57 bits per heavy atom. The van der Waals surface area contributed by atoms with Gasteiger partial charge in [0, 0.05) is 35.1 Å². The molecule has 0 atom stereocenters. The second kappa shape index (κ2) is 5.80. The van der Waals surface area contributed by atoms with Crippen LogP contribution in [-0.2, 0) is 5.41 Å². The molecule has 0 fully saturated rings. The number of carbonyl (C=O) groups excluding carboxylic acids is 1. The van der Waals surface area contributed by atoms with E-state index >= 15 is 0 Å². The van der Waals surface area contributed by atoms with Gasteiger partial charge in [-0.15, -0.1) is 0 Å². The zero-order valence-corrected chi connectivity index (χ0v) is 13.5. The number of aromatic nitrogens is 2. The fraction of sp³-hybridized carbons (Fsp3) is 0.211. The summed E-state index contributed by atoms with van der Waals surface area (Å²) in [6.45, 7) is 6.36. The highest BCUT2D eigenvalue weighted by atomic mass is 16.1. The Labute approximate surface area is 135 Å². The Hall–Kier alpha value is -2.75. The largest absolute Gasteiger partial charge is 0.320 e. The normalized spacial score (nSPS) is 11.4. The average molecular weight is 305 g/mol. The molecule has 2 aromatic heterocycles. The lowest BCUT2D eigenvalue weighted by Gasteiger charge is -2.18. The highest BCUT2D eigenvalue weighted by Gasteiger charge is 2.15. The van der Waals surface area contributed by atoms with Gasteiger partial charge in [0.25, 0.3) is 5.91 Å². The van der Waals surface area contributed by atoms with Crippen LogP contribution < -0.4 is 5.32 Å². The second-order valence-corrected chi connectivity index (χ2v) is 6.54. The minimum Gasteiger partial charge on any atom is -0.320 e. The van der Waals surface area contributed by atoms with Gasteiger partial charge in [-0.1, -0.05) is 39.0 Å². The lowest BCUT2D eigenvalue weighted by atomic mass is 9.88. The standard InChI is InChI=1S/C19H19N3O/c1-19(2,3)14-7-8-17(21-12-14)18(23)22-16-6-4-5-13-11-20-10-9-15(13)16/h4-12H,1-3H3,(H,22,23). The highest BCUT2D eigenvalue weighted by molar-refractivity contribution is 6.08. The number of amides is 1. The molecule has 2 heterocycles. The minimum absolute atomic E-state index is 0.0185. The predicted octanol–water partition coefficient (Wildman–Crippen LogP) is 4.18. The third kappa shape index (κ3) is 3.21. The summed E-state index contributed by atoms with van der Waals surface area (Å²) in [5, 5.41) is 4.88. The smallest absolute Gasteiger partial charge is 0.274 e. The molecule has 3 aromatic rings. The zero-order valence-electron chi connectivity index (χ0n) is 13.5. The van der Waals surface area contributed by atoms with Gasteiger partial charge in [-0.3, -0.25) is 14.8 Å². The topological polar surface area (TPSA) is 54.9 Å². The Balaban J connectivity index is 1.86. The van der Waals surface area contributed by atoms with E-state index < -0.39 is 0 Å². The van der Waals surface area contributed by atoms with Crippen molar-refractivity contribution < 1.29 is 4.79 Å². The van der Waals surface area contributed by atoms with Crippen LogP contribution in [0, 0.1) is 0 Å². The van der Waals surface area contributed by atoms with Crippen molar-refractivity contribution in [3.8, 4) is 0 Å². The van der Waals surface area contributed by atoms with Gasteiger partial charge in [-0.05, 0) is 29.2 Å². The maximum absolute atomic E-state index is 12.4. The predicted molar refractivity (Wildman–Crippen MR) is 92.6 cm³/mol. The third-order valence-electron chi connectivity index (χ3n) is 3.79. The van der Waals surface area contributed by atoms with Gasteiger partial charge in [0.05, 0.1) is 0 Å². The number of nitrogens with one attached hydrogen (secondary N) is 1. The van der Waals surface area contributed by atoms with Crippen molar-refractivity contribution in [1.82, 2.24) is 9.97 Å². The molecule has 0 aliphatic heterocycles. The molecule has 4 nitrogen and oxygen atoms in total. The van der Waals surface area contributed by atoms with E-state index in [0.717, 1.165) is 22.0 Å². The molecule has 23 heavy (non-hydrogen) atoms. The Kier molecular flexibility index (Phi) is 3.82. The fourth-order valence-corrected chi connectivity index (χ4v) is 2.39. The van der Waals surface area contributed by atoms with Gasteiger partial charge in [-0.2, -0.15) is 0 Å². The first-order valence-electron chi connectivity index (χ1n) is 7.56. The van der Waals surface area contributed by atoms with E-state index in [0.29, 0.717) is 5.69 Å². The highest BCUT2D eigenvalue weighted by Crippen LogP contribution is 2.23. The van der Waals surface area contributed by atoms with Crippen LogP contribution in [0.2, 0.25) is 0 Å². The molecular formula is C19H19N3O. The van der Waals surface area contributed by atoms with Gasteiger partial charge in [0.15, 0.2) is 0 Å². The van der Waals surface area contributed by atoms with E-state index in [1.54, 1.807) is 24.7 Å². The van der Waals surface area contributed by atoms with Gasteiger partial charge >= 0.3 is 0 Å². The van der Waals surface area contributed by atoms with Crippen molar-refractivity contribution in [2.75, 3.05) is 5.32 Å². The average Bonchev–Trinajstić information content (AvgIpc) is 2.54. The van der Waals surface area contributed by atoms with Crippen LogP contribution in [0.5, 0.6) is 0 Å². The molecule has 0 aliphatic rings. The number of hydrogen-bond acceptors (Lipinski definition) is 3. The summed E-state index contributed by atoms with van der Waals surface area (Å²) >= 11 is 0. The van der Waals surface area contributed by atoms with Crippen molar-refractivity contribution in [3.63, 3.8) is 0 Å². The summed E-state index contributed by atoms with van der Waals surface area (Å²) in [5.74, 6) is -0.213. The SMILES string of the molecule is CC(C)(C)c1ccc(C(=O)Nc2cccc3cnccc23)nc1. The lowest BCUT2D eigenvalue weighted by Crippen LogP contribution is -2.16. The molecule has 116 valence electrons. The van der Waals surface area contributed by atoms with Crippen LogP contribution in [0.1, 0.15) is 36.8 Å². The molecule has 0 spiro atoms. The van der Waals surface area contributed by atoms with Crippen LogP contribution in [0.4, 0.5) is 5.69 Å². The molecular weight excluding hydrogens is 286 g/mol. The molecule has 0 radical (unpaired) electrons. The maximum Gasteiger partial charge on any atom is 0.274 e. The summed E-state index contributed by atoms with van der Waals surface area (Å²) < 4.78 is 0. The molecule has 0 bridgehead atoms. The third-order valence-corrected chi connectivity index (χ3v) is 3.79. The van der Waals surface area contributed by atoms with Crippen LogP contribution in [0.25, 0.3) is 10.8 Å². The molecule has 3 rings (SSSR count). The van der Waals surface area contributed by atoms with E-state index in [2.05, 4.69) is 36.1 Å². The Morgan fingerprint density at radius 2 is 1.87 bits per heavy atom. The summed E-state index contributed by atoms with van der Waals surface area (Å²) in [4.78, 5) is 20.8. The molecule has 4 heteroatoms. The maximum atomic E-state index is 12.4. The van der Waals surface area contributed by atoms with Gasteiger partial charge in [-0.25, -0.2) is 0 Å². The van der Waals surface area contributed by atoms with E-state index in [4.69, 9.17) is 0 Å². The monoisotopic (exact) mass is 305 g/mol. The number of anilines is 1. The van der Waals surface area contributed by atoms with Crippen molar-refractivity contribution in [1.29, 1.82) is 0 Å². The van der Waals surface area contributed by atoms with E-state index in [1.165, 1.54) is 0 Å². The quantitative estimate of drug-likeness (QED) is 0.772. The number of carbonyl (C=O) groups is 1. The summed E-state index contributed by atoms with van der Waals surface area (Å²) in [6, 6.07) is 11.4. The van der Waals surface area contributed by atoms with Gasteiger partial charge in [0.2, 0.25) is 0 Å². The fourth-order valence-electron chi connectivity index (χ4n) is 2.39. The molecule has 0 saturated carbocycles. The van der Waals surface area contributed by atoms with E-state index in [1.807, 2.05) is 30.3 Å². The lowest BCUT2D eigenvalue weighted by molar-refractivity contribution is 0.102. The van der Waals surface area contributed by atoms with Crippen molar-refractivity contribution in [2.45, 2.75) is 26.2 Å². The molecule has 0 aliphatic carbocycles. The summed E-state index contributed by atoms with van der Waals surface area (Å²) in [7, 11) is 0. The van der Waals surface area contributed by atoms with Crippen molar-refractivity contribution in [2.24, 2.45) is 0 Å². The van der Waals surface area contributed by atoms with Crippen LogP contribution >= 0.6 is 0 Å². The molecule has 0 unspecified atom stereocenters. The molecule has 0 saturated heterocycles. The van der Waals surface area contributed by atoms with Crippen LogP contribution in [0.3, 0.4) is 0 Å². The number of hydrogen-bond donors (Lipinski definition) is 1. The van der Waals surface area contributed by atoms with Crippen LogP contribution in [-0.4, -0.2) is 15.9 Å². The number of benzene rings is 1. The second-order valence-electron chi connectivity index (χ2n) is 6.54. The first-order valence-corrected chi connectivity index (χ1v) is 7.56. The van der Waals surface area contributed by atoms with Gasteiger partial charge < -0.3 is 5.32 Å². The Bertz CT molecular complexity index is 843. The number of nitrogens with zero attached hydrogens (tertiary/aromatic N) is 2. The summed E-state index contributed by atoms with van der Waals surface area (Å²) in [6.07, 6.45) is 5.26. The van der Waals surface area contributed by atoms with E-state index in [-0.39, 0.29) is 11.3 Å². The van der Waals surface area contributed by atoms with Crippen molar-refractivity contribution >= 4 is 22.4 Å². The molecule has 1 amide bonds. The van der Waals surface area contributed by atoms with Crippen molar-refractivity contribution in [3.05, 3.63) is 66.2 Å². The number of fused-ring (bicyclic) bond motifs is 1. The Morgan fingerprint density at radius 1 is 1.04 bits per heavy atom. The van der Waals surface area contributed by atoms with Crippen LogP contribution in [0.15, 0.2) is 55.0 Å². The first kappa shape index (κ1) is 15.2. The van der Waals surface area contributed by atoms with E-state index in [9.17, 15) is 4.79 Å². The zero-order chi connectivity index (χ0) is 16.4.